The van der Waals surface area contributed by atoms with Gasteiger partial charge < -0.3 is 10.5 Å². The molecule has 3 nitrogen and oxygen atoms in total. The maximum absolute atomic E-state index is 10.9. The van der Waals surface area contributed by atoms with E-state index in [1.807, 2.05) is 0 Å². The van der Waals surface area contributed by atoms with Crippen molar-refractivity contribution >= 4 is 5.97 Å². The second-order valence-corrected chi connectivity index (χ2v) is 2.79. The lowest BCUT2D eigenvalue weighted by atomic mass is 10.1. The van der Waals surface area contributed by atoms with Gasteiger partial charge in [-0.05, 0) is 19.3 Å². The Labute approximate surface area is 60.5 Å². The van der Waals surface area contributed by atoms with Crippen LogP contribution in [0.4, 0.5) is 0 Å². The third-order valence-corrected chi connectivity index (χ3v) is 2.01. The zero-order valence-corrected chi connectivity index (χ0v) is 6.17. The standard InChI is InChI=1S/C7H13NO2/c1-10-7(9)5-2-3-6(8)4-5/h5-6H,2-4,8H2,1H3/t5-,6?/m0/s1. The number of esters is 1. The van der Waals surface area contributed by atoms with Gasteiger partial charge in [-0.3, -0.25) is 4.79 Å². The normalized spacial score (nSPS) is 32.2. The summed E-state index contributed by atoms with van der Waals surface area (Å²) >= 11 is 0. The van der Waals surface area contributed by atoms with Crippen molar-refractivity contribution in [3.05, 3.63) is 0 Å². The number of rotatable bonds is 1. The molecule has 2 atom stereocenters. The summed E-state index contributed by atoms with van der Waals surface area (Å²) in [6.45, 7) is 0. The van der Waals surface area contributed by atoms with Gasteiger partial charge in [0.05, 0.1) is 13.0 Å². The quantitative estimate of drug-likeness (QED) is 0.537. The van der Waals surface area contributed by atoms with Gasteiger partial charge in [-0.1, -0.05) is 0 Å². The van der Waals surface area contributed by atoms with E-state index in [1.54, 1.807) is 0 Å². The zero-order chi connectivity index (χ0) is 7.56. The summed E-state index contributed by atoms with van der Waals surface area (Å²) in [5.74, 6) is -0.0343. The Hall–Kier alpha value is -0.570. The average Bonchev–Trinajstić information content (AvgIpc) is 2.34. The Kier molecular flexibility index (Phi) is 2.27. The van der Waals surface area contributed by atoms with Crippen molar-refractivity contribution < 1.29 is 9.53 Å². The molecule has 3 heteroatoms. The highest BCUT2D eigenvalue weighted by molar-refractivity contribution is 5.72. The second-order valence-electron chi connectivity index (χ2n) is 2.79. The molecule has 0 saturated heterocycles. The molecule has 0 heterocycles. The number of carbonyl (C=O) groups is 1. The largest absolute Gasteiger partial charge is 0.469 e. The van der Waals surface area contributed by atoms with Crippen molar-refractivity contribution in [3.8, 4) is 0 Å². The van der Waals surface area contributed by atoms with E-state index in [1.165, 1.54) is 7.11 Å². The van der Waals surface area contributed by atoms with Crippen LogP contribution < -0.4 is 5.73 Å². The molecule has 58 valence electrons. The van der Waals surface area contributed by atoms with Gasteiger partial charge in [0.1, 0.15) is 0 Å². The molecule has 0 aromatic carbocycles. The maximum Gasteiger partial charge on any atom is 0.308 e. The molecule has 1 aliphatic rings. The Bertz CT molecular complexity index is 136. The highest BCUT2D eigenvalue weighted by Gasteiger charge is 2.27. The van der Waals surface area contributed by atoms with Gasteiger partial charge in [-0.25, -0.2) is 0 Å². The molecule has 0 bridgehead atoms. The highest BCUT2D eigenvalue weighted by atomic mass is 16.5. The average molecular weight is 143 g/mol. The first-order chi connectivity index (χ1) is 4.74. The van der Waals surface area contributed by atoms with Gasteiger partial charge in [0.2, 0.25) is 0 Å². The molecule has 1 unspecified atom stereocenters. The Morgan fingerprint density at radius 2 is 2.30 bits per heavy atom. The van der Waals surface area contributed by atoms with Crippen LogP contribution in [0, 0.1) is 5.92 Å². The van der Waals surface area contributed by atoms with Crippen molar-refractivity contribution in [1.82, 2.24) is 0 Å². The Morgan fingerprint density at radius 3 is 2.70 bits per heavy atom. The number of hydrogen-bond acceptors (Lipinski definition) is 3. The first-order valence-electron chi connectivity index (χ1n) is 3.57. The molecule has 0 aliphatic heterocycles. The third-order valence-electron chi connectivity index (χ3n) is 2.01. The third kappa shape index (κ3) is 1.48. The molecule has 10 heavy (non-hydrogen) atoms. The van der Waals surface area contributed by atoms with Crippen molar-refractivity contribution in [2.75, 3.05) is 7.11 Å². The number of nitrogens with two attached hydrogens (primary N) is 1. The highest BCUT2D eigenvalue weighted by Crippen LogP contribution is 2.24. The number of carbonyl (C=O) groups excluding carboxylic acids is 1. The van der Waals surface area contributed by atoms with E-state index in [0.29, 0.717) is 0 Å². The van der Waals surface area contributed by atoms with Crippen LogP contribution in [0.2, 0.25) is 0 Å². The molecule has 0 aromatic heterocycles. The van der Waals surface area contributed by atoms with Crippen molar-refractivity contribution in [2.45, 2.75) is 25.3 Å². The minimum Gasteiger partial charge on any atom is -0.469 e. The summed E-state index contributed by atoms with van der Waals surface area (Å²) in [5, 5.41) is 0. The maximum atomic E-state index is 10.9. The van der Waals surface area contributed by atoms with Gasteiger partial charge in [0.15, 0.2) is 0 Å². The molecular weight excluding hydrogens is 130 g/mol. The lowest BCUT2D eigenvalue weighted by molar-refractivity contribution is -0.145. The summed E-state index contributed by atoms with van der Waals surface area (Å²) < 4.78 is 4.59. The molecule has 0 radical (unpaired) electrons. The molecule has 0 amide bonds. The lowest BCUT2D eigenvalue weighted by Crippen LogP contribution is -2.18. The van der Waals surface area contributed by atoms with Crippen LogP contribution in [-0.2, 0) is 9.53 Å². The molecule has 1 rings (SSSR count). The van der Waals surface area contributed by atoms with Gasteiger partial charge in [-0.2, -0.15) is 0 Å². The summed E-state index contributed by atoms with van der Waals surface area (Å²) in [5.41, 5.74) is 5.61. The van der Waals surface area contributed by atoms with Crippen LogP contribution in [0.15, 0.2) is 0 Å². The molecule has 0 aromatic rings. The predicted molar refractivity (Wildman–Crippen MR) is 37.3 cm³/mol. The summed E-state index contributed by atoms with van der Waals surface area (Å²) in [6.07, 6.45) is 2.65. The molecule has 1 fully saturated rings. The van der Waals surface area contributed by atoms with E-state index < -0.39 is 0 Å². The van der Waals surface area contributed by atoms with E-state index in [9.17, 15) is 4.79 Å². The van der Waals surface area contributed by atoms with Crippen LogP contribution in [0.25, 0.3) is 0 Å². The van der Waals surface area contributed by atoms with Crippen molar-refractivity contribution in [2.24, 2.45) is 11.7 Å². The Morgan fingerprint density at radius 1 is 1.60 bits per heavy atom. The van der Waals surface area contributed by atoms with E-state index in [-0.39, 0.29) is 17.9 Å². The minimum atomic E-state index is -0.104. The van der Waals surface area contributed by atoms with E-state index in [4.69, 9.17) is 5.73 Å². The zero-order valence-electron chi connectivity index (χ0n) is 6.17. The van der Waals surface area contributed by atoms with E-state index >= 15 is 0 Å². The monoisotopic (exact) mass is 143 g/mol. The molecule has 0 spiro atoms. The van der Waals surface area contributed by atoms with Gasteiger partial charge in [-0.15, -0.1) is 0 Å². The fourth-order valence-electron chi connectivity index (χ4n) is 1.40. The summed E-state index contributed by atoms with van der Waals surface area (Å²) in [4.78, 5) is 10.9. The predicted octanol–water partition coefficient (Wildman–Crippen LogP) is 0.287. The molecule has 1 saturated carbocycles. The smallest absolute Gasteiger partial charge is 0.308 e. The van der Waals surface area contributed by atoms with E-state index in [0.717, 1.165) is 19.3 Å². The van der Waals surface area contributed by atoms with Gasteiger partial charge in [0, 0.05) is 6.04 Å². The van der Waals surface area contributed by atoms with Gasteiger partial charge in [0.25, 0.3) is 0 Å². The van der Waals surface area contributed by atoms with Crippen LogP contribution in [0.1, 0.15) is 19.3 Å². The number of methoxy groups -OCH3 is 1. The van der Waals surface area contributed by atoms with Gasteiger partial charge >= 0.3 is 5.97 Å². The lowest BCUT2D eigenvalue weighted by Gasteiger charge is -2.04. The summed E-state index contributed by atoms with van der Waals surface area (Å²) in [7, 11) is 1.42. The van der Waals surface area contributed by atoms with E-state index in [2.05, 4.69) is 4.74 Å². The molecular formula is C7H13NO2. The molecule has 1 aliphatic carbocycles. The topological polar surface area (TPSA) is 52.3 Å². The second kappa shape index (κ2) is 3.01. The first-order valence-corrected chi connectivity index (χ1v) is 3.57. The van der Waals surface area contributed by atoms with Crippen molar-refractivity contribution in [1.29, 1.82) is 0 Å². The fourth-order valence-corrected chi connectivity index (χ4v) is 1.40. The number of hydrogen-bond donors (Lipinski definition) is 1. The first kappa shape index (κ1) is 7.54. The van der Waals surface area contributed by atoms with Crippen LogP contribution in [0.5, 0.6) is 0 Å². The number of ether oxygens (including phenoxy) is 1. The Balaban J connectivity index is 2.37. The van der Waals surface area contributed by atoms with Crippen LogP contribution in [0.3, 0.4) is 0 Å². The molecule has 2 N–H and O–H groups in total. The summed E-state index contributed by atoms with van der Waals surface area (Å²) in [6, 6.07) is 0.212. The van der Waals surface area contributed by atoms with Crippen LogP contribution in [-0.4, -0.2) is 19.1 Å². The van der Waals surface area contributed by atoms with Crippen LogP contribution >= 0.6 is 0 Å². The SMILES string of the molecule is COC(=O)[C@H]1CCC(N)C1. The van der Waals surface area contributed by atoms with Crippen molar-refractivity contribution in [3.63, 3.8) is 0 Å². The fraction of sp³-hybridized carbons (Fsp3) is 0.857. The minimum absolute atomic E-state index is 0.0694.